The Kier molecular flexibility index (Phi) is 3.04. The molecule has 0 aliphatic heterocycles. The largest absolute Gasteiger partial charge is 0.326 e. The zero-order valence-electron chi connectivity index (χ0n) is 8.01. The minimum Gasteiger partial charge on any atom is -0.326 e. The molecule has 0 aromatic heterocycles. The van der Waals surface area contributed by atoms with Gasteiger partial charge in [-0.05, 0) is 29.2 Å². The first-order valence-electron chi connectivity index (χ1n) is 4.30. The van der Waals surface area contributed by atoms with E-state index in [0.29, 0.717) is 6.54 Å². The lowest BCUT2D eigenvalue weighted by molar-refractivity contribution is 1.05. The van der Waals surface area contributed by atoms with Crippen LogP contribution in [0.15, 0.2) is 37.4 Å². The monoisotopic (exact) mass is 173 g/mol. The van der Waals surface area contributed by atoms with Crippen LogP contribution in [0.4, 0.5) is 0 Å². The van der Waals surface area contributed by atoms with Gasteiger partial charge in [-0.1, -0.05) is 37.4 Å². The zero-order valence-corrected chi connectivity index (χ0v) is 8.01. The van der Waals surface area contributed by atoms with Crippen LogP contribution in [0.3, 0.4) is 0 Å². The molecule has 1 heteroatoms. The number of hydrogen-bond acceptors (Lipinski definition) is 1. The molecule has 1 nitrogen and oxygen atoms in total. The summed E-state index contributed by atoms with van der Waals surface area (Å²) in [4.78, 5) is 0. The van der Waals surface area contributed by atoms with E-state index in [2.05, 4.69) is 26.1 Å². The quantitative estimate of drug-likeness (QED) is 0.699. The van der Waals surface area contributed by atoms with Crippen LogP contribution in [0.25, 0.3) is 5.57 Å². The lowest BCUT2D eigenvalue weighted by Gasteiger charge is -2.06. The average molecular weight is 173 g/mol. The molecule has 0 spiro atoms. The molecular formula is C12H15N. The van der Waals surface area contributed by atoms with Gasteiger partial charge in [-0.15, -0.1) is 0 Å². The molecule has 68 valence electrons. The molecule has 0 atom stereocenters. The highest BCUT2D eigenvalue weighted by molar-refractivity contribution is 5.71. The Morgan fingerprint density at radius 3 is 2.69 bits per heavy atom. The molecule has 0 radical (unpaired) electrons. The molecule has 0 amide bonds. The number of allylic oxidation sites excluding steroid dienone is 2. The zero-order chi connectivity index (χ0) is 9.84. The summed E-state index contributed by atoms with van der Waals surface area (Å²) >= 11 is 0. The van der Waals surface area contributed by atoms with E-state index in [-0.39, 0.29) is 0 Å². The van der Waals surface area contributed by atoms with Crippen LogP contribution in [-0.4, -0.2) is 0 Å². The van der Waals surface area contributed by atoms with Gasteiger partial charge in [0.05, 0.1) is 0 Å². The van der Waals surface area contributed by atoms with Gasteiger partial charge in [0.15, 0.2) is 0 Å². The van der Waals surface area contributed by atoms with Crippen molar-refractivity contribution in [3.63, 3.8) is 0 Å². The fraction of sp³-hybridized carbons (Fsp3) is 0.167. The maximum Gasteiger partial charge on any atom is 0.0180 e. The summed E-state index contributed by atoms with van der Waals surface area (Å²) in [6.07, 6.45) is 1.76. The first kappa shape index (κ1) is 9.75. The summed E-state index contributed by atoms with van der Waals surface area (Å²) in [7, 11) is 0. The second-order valence-electron chi connectivity index (χ2n) is 3.07. The van der Waals surface area contributed by atoms with Crippen molar-refractivity contribution in [1.82, 2.24) is 0 Å². The number of rotatable bonds is 3. The van der Waals surface area contributed by atoms with Crippen molar-refractivity contribution in [3.8, 4) is 0 Å². The van der Waals surface area contributed by atoms with E-state index in [4.69, 9.17) is 5.73 Å². The average Bonchev–Trinajstić information content (AvgIpc) is 2.16. The molecule has 0 heterocycles. The smallest absolute Gasteiger partial charge is 0.0180 e. The van der Waals surface area contributed by atoms with Gasteiger partial charge in [-0.25, -0.2) is 0 Å². The lowest BCUT2D eigenvalue weighted by Crippen LogP contribution is -1.99. The van der Waals surface area contributed by atoms with Crippen molar-refractivity contribution in [1.29, 1.82) is 0 Å². The van der Waals surface area contributed by atoms with Crippen LogP contribution >= 0.6 is 0 Å². The van der Waals surface area contributed by atoms with E-state index in [1.165, 1.54) is 11.1 Å². The van der Waals surface area contributed by atoms with Gasteiger partial charge in [0.2, 0.25) is 0 Å². The highest BCUT2D eigenvalue weighted by Gasteiger charge is 1.99. The second-order valence-corrected chi connectivity index (χ2v) is 3.07. The van der Waals surface area contributed by atoms with Crippen molar-refractivity contribution in [2.75, 3.05) is 0 Å². The number of benzene rings is 1. The van der Waals surface area contributed by atoms with Gasteiger partial charge in [-0.3, -0.25) is 0 Å². The predicted octanol–water partition coefficient (Wildman–Crippen LogP) is 2.65. The third kappa shape index (κ3) is 2.07. The Bertz CT molecular complexity index is 337. The summed E-state index contributed by atoms with van der Waals surface area (Å²) < 4.78 is 0. The van der Waals surface area contributed by atoms with Crippen molar-refractivity contribution in [2.45, 2.75) is 13.5 Å². The second kappa shape index (κ2) is 4.06. The minimum atomic E-state index is 0.590. The molecule has 2 N–H and O–H groups in total. The molecule has 0 fully saturated rings. The van der Waals surface area contributed by atoms with E-state index in [0.717, 1.165) is 11.1 Å². The Balaban J connectivity index is 3.09. The molecular weight excluding hydrogens is 158 g/mol. The third-order valence-electron chi connectivity index (χ3n) is 2.18. The molecule has 1 rings (SSSR count). The summed E-state index contributed by atoms with van der Waals surface area (Å²) in [5, 5.41) is 0. The first-order chi connectivity index (χ1) is 6.19. The molecule has 1 aromatic rings. The highest BCUT2D eigenvalue weighted by atomic mass is 14.5. The van der Waals surface area contributed by atoms with Crippen LogP contribution in [0, 0.1) is 6.92 Å². The number of aryl methyl sites for hydroxylation is 1. The van der Waals surface area contributed by atoms with Crippen molar-refractivity contribution in [3.05, 3.63) is 54.1 Å². The van der Waals surface area contributed by atoms with Gasteiger partial charge < -0.3 is 5.73 Å². The summed E-state index contributed by atoms with van der Waals surface area (Å²) in [6, 6.07) is 6.16. The lowest BCUT2D eigenvalue weighted by atomic mass is 10.0. The van der Waals surface area contributed by atoms with E-state index in [9.17, 15) is 0 Å². The molecule has 0 saturated carbocycles. The fourth-order valence-corrected chi connectivity index (χ4v) is 1.24. The molecule has 13 heavy (non-hydrogen) atoms. The van der Waals surface area contributed by atoms with Gasteiger partial charge >= 0.3 is 0 Å². The molecule has 0 bridgehead atoms. The Labute approximate surface area is 79.6 Å². The van der Waals surface area contributed by atoms with Gasteiger partial charge in [0, 0.05) is 6.54 Å². The predicted molar refractivity (Wildman–Crippen MR) is 58.3 cm³/mol. The molecule has 0 aliphatic carbocycles. The van der Waals surface area contributed by atoms with E-state index < -0.39 is 0 Å². The number of hydrogen-bond donors (Lipinski definition) is 1. The van der Waals surface area contributed by atoms with E-state index in [1.54, 1.807) is 6.08 Å². The maximum atomic E-state index is 5.57. The van der Waals surface area contributed by atoms with Crippen molar-refractivity contribution < 1.29 is 0 Å². The van der Waals surface area contributed by atoms with Crippen LogP contribution < -0.4 is 5.73 Å². The Morgan fingerprint density at radius 1 is 1.54 bits per heavy atom. The van der Waals surface area contributed by atoms with Crippen LogP contribution in [0.1, 0.15) is 16.7 Å². The van der Waals surface area contributed by atoms with Crippen LogP contribution in [-0.2, 0) is 6.54 Å². The van der Waals surface area contributed by atoms with Crippen molar-refractivity contribution >= 4 is 5.57 Å². The Morgan fingerprint density at radius 2 is 2.23 bits per heavy atom. The molecule has 0 aliphatic rings. The normalized spacial score (nSPS) is 9.69. The standard InChI is InChI=1S/C12H15N/c1-4-9(2)11-5-6-12(8-13)10(3)7-11/h4-7H,1-2,8,13H2,3H3. The fourth-order valence-electron chi connectivity index (χ4n) is 1.24. The van der Waals surface area contributed by atoms with Gasteiger partial charge in [0.1, 0.15) is 0 Å². The first-order valence-corrected chi connectivity index (χ1v) is 4.30. The summed E-state index contributed by atoms with van der Waals surface area (Å²) in [5.41, 5.74) is 10.0. The topological polar surface area (TPSA) is 26.0 Å². The van der Waals surface area contributed by atoms with E-state index >= 15 is 0 Å². The Hall–Kier alpha value is -1.34. The van der Waals surface area contributed by atoms with E-state index in [1.807, 2.05) is 12.1 Å². The molecule has 0 saturated heterocycles. The summed E-state index contributed by atoms with van der Waals surface area (Å²) in [6.45, 7) is 10.2. The SMILES string of the molecule is C=CC(=C)c1ccc(CN)c(C)c1. The number of nitrogens with two attached hydrogens (primary N) is 1. The highest BCUT2D eigenvalue weighted by Crippen LogP contribution is 2.17. The minimum absolute atomic E-state index is 0.590. The third-order valence-corrected chi connectivity index (χ3v) is 2.18. The van der Waals surface area contributed by atoms with Crippen LogP contribution in [0.2, 0.25) is 0 Å². The van der Waals surface area contributed by atoms with Crippen LogP contribution in [0.5, 0.6) is 0 Å². The molecule has 1 aromatic carbocycles. The van der Waals surface area contributed by atoms with Gasteiger partial charge in [0.25, 0.3) is 0 Å². The maximum absolute atomic E-state index is 5.57. The van der Waals surface area contributed by atoms with Gasteiger partial charge in [-0.2, -0.15) is 0 Å². The summed E-state index contributed by atoms with van der Waals surface area (Å²) in [5.74, 6) is 0. The van der Waals surface area contributed by atoms with Crippen molar-refractivity contribution in [2.24, 2.45) is 5.73 Å². The molecule has 0 unspecified atom stereocenters.